The van der Waals surface area contributed by atoms with E-state index in [1.807, 2.05) is 25.1 Å². The number of nitrogens with zero attached hydrogens (tertiary/aromatic N) is 1. The van der Waals surface area contributed by atoms with Gasteiger partial charge in [-0.15, -0.1) is 0 Å². The molecule has 3 rings (SSSR count). The van der Waals surface area contributed by atoms with Gasteiger partial charge in [0, 0.05) is 6.54 Å². The molecule has 25 heavy (non-hydrogen) atoms. The Kier molecular flexibility index (Phi) is 5.12. The summed E-state index contributed by atoms with van der Waals surface area (Å²) in [6.45, 7) is 3.00. The van der Waals surface area contributed by atoms with Crippen LogP contribution >= 0.6 is 0 Å². The average molecular weight is 341 g/mol. The van der Waals surface area contributed by atoms with E-state index in [0.717, 1.165) is 11.1 Å². The van der Waals surface area contributed by atoms with Gasteiger partial charge in [-0.1, -0.05) is 35.9 Å². The average Bonchev–Trinajstić information content (AvgIpc) is 2.96. The molecule has 0 N–H and O–H groups in total. The van der Waals surface area contributed by atoms with Crippen LogP contribution in [0.25, 0.3) is 0 Å². The quantitative estimate of drug-likeness (QED) is 0.806. The van der Waals surface area contributed by atoms with Gasteiger partial charge in [0.1, 0.15) is 6.61 Å². The third-order valence-corrected chi connectivity index (χ3v) is 4.47. The van der Waals surface area contributed by atoms with E-state index in [4.69, 9.17) is 14.2 Å². The van der Waals surface area contributed by atoms with E-state index in [2.05, 4.69) is 24.3 Å². The third-order valence-electron chi connectivity index (χ3n) is 4.47. The Hall–Kier alpha value is -2.69. The largest absolute Gasteiger partial charge is 0.493 e. The van der Waals surface area contributed by atoms with Gasteiger partial charge in [0.25, 0.3) is 0 Å². The Morgan fingerprint density at radius 2 is 1.72 bits per heavy atom. The monoisotopic (exact) mass is 341 g/mol. The minimum atomic E-state index is -0.258. The number of aryl methyl sites for hydroxylation is 1. The first-order chi connectivity index (χ1) is 12.1. The highest BCUT2D eigenvalue weighted by atomic mass is 16.6. The van der Waals surface area contributed by atoms with Gasteiger partial charge >= 0.3 is 6.09 Å². The molecule has 5 heteroatoms. The normalized spacial score (nSPS) is 16.7. The number of carbonyl (C=O) groups excluding carboxylic acids is 1. The number of benzene rings is 2. The third kappa shape index (κ3) is 3.87. The van der Waals surface area contributed by atoms with E-state index in [1.54, 1.807) is 19.1 Å². The van der Waals surface area contributed by atoms with E-state index in [0.29, 0.717) is 31.1 Å². The first kappa shape index (κ1) is 17.1. The van der Waals surface area contributed by atoms with Gasteiger partial charge in [-0.2, -0.15) is 0 Å². The summed E-state index contributed by atoms with van der Waals surface area (Å²) in [5.41, 5.74) is 3.38. The molecule has 0 saturated carbocycles. The molecule has 0 aromatic heterocycles. The lowest BCUT2D eigenvalue weighted by Gasteiger charge is -2.22. The predicted molar refractivity (Wildman–Crippen MR) is 95.1 cm³/mol. The summed E-state index contributed by atoms with van der Waals surface area (Å²) in [4.78, 5) is 13.9. The summed E-state index contributed by atoms with van der Waals surface area (Å²) in [6.07, 6.45) is 0.448. The van der Waals surface area contributed by atoms with Crippen LogP contribution in [0, 0.1) is 6.92 Å². The van der Waals surface area contributed by atoms with Crippen molar-refractivity contribution in [2.24, 2.45) is 0 Å². The summed E-state index contributed by atoms with van der Waals surface area (Å²) < 4.78 is 15.9. The van der Waals surface area contributed by atoms with Crippen LogP contribution in [0.15, 0.2) is 42.5 Å². The van der Waals surface area contributed by atoms with Gasteiger partial charge in [0.15, 0.2) is 11.5 Å². The van der Waals surface area contributed by atoms with Crippen LogP contribution in [0.2, 0.25) is 0 Å². The van der Waals surface area contributed by atoms with Crippen LogP contribution in [-0.4, -0.2) is 37.9 Å². The van der Waals surface area contributed by atoms with Gasteiger partial charge in [-0.05, 0) is 36.6 Å². The standard InChI is InChI=1S/C20H23NO4/c1-14-4-6-15(7-5-14)12-21-17(13-25-20(21)22)10-16-8-9-18(23-2)19(11-16)24-3/h4-9,11,17H,10,12-13H2,1-3H3/t17-/m0/s1. The van der Waals surface area contributed by atoms with Crippen molar-refractivity contribution in [3.63, 3.8) is 0 Å². The van der Waals surface area contributed by atoms with Crippen molar-refractivity contribution in [2.75, 3.05) is 20.8 Å². The lowest BCUT2D eigenvalue weighted by atomic mass is 10.0. The fourth-order valence-electron chi connectivity index (χ4n) is 3.02. The number of rotatable bonds is 6. The number of ether oxygens (including phenoxy) is 3. The first-order valence-corrected chi connectivity index (χ1v) is 8.30. The lowest BCUT2D eigenvalue weighted by molar-refractivity contribution is 0.156. The van der Waals surface area contributed by atoms with E-state index in [9.17, 15) is 4.79 Å². The zero-order chi connectivity index (χ0) is 17.8. The topological polar surface area (TPSA) is 48.0 Å². The molecule has 132 valence electrons. The maximum atomic E-state index is 12.1. The Bertz CT molecular complexity index is 742. The molecule has 1 aliphatic heterocycles. The van der Waals surface area contributed by atoms with Crippen molar-refractivity contribution < 1.29 is 19.0 Å². The number of hydrogen-bond acceptors (Lipinski definition) is 4. The summed E-state index contributed by atoms with van der Waals surface area (Å²) in [6, 6.07) is 14.0. The van der Waals surface area contributed by atoms with E-state index in [1.165, 1.54) is 5.56 Å². The number of cyclic esters (lactones) is 1. The molecule has 0 spiro atoms. The Labute approximate surface area is 148 Å². The van der Waals surface area contributed by atoms with Gasteiger partial charge in [-0.25, -0.2) is 4.79 Å². The van der Waals surface area contributed by atoms with Gasteiger partial charge in [0.05, 0.1) is 20.3 Å². The molecule has 0 radical (unpaired) electrons. The van der Waals surface area contributed by atoms with Crippen molar-refractivity contribution in [1.29, 1.82) is 0 Å². The second-order valence-electron chi connectivity index (χ2n) is 6.24. The van der Waals surface area contributed by atoms with Crippen molar-refractivity contribution in [2.45, 2.75) is 25.9 Å². The van der Waals surface area contributed by atoms with Crippen LogP contribution < -0.4 is 9.47 Å². The summed E-state index contributed by atoms with van der Waals surface area (Å²) in [5.74, 6) is 1.39. The zero-order valence-corrected chi connectivity index (χ0v) is 14.8. The van der Waals surface area contributed by atoms with Crippen LogP contribution in [0.1, 0.15) is 16.7 Å². The van der Waals surface area contributed by atoms with Crippen molar-refractivity contribution in [3.05, 3.63) is 59.2 Å². The van der Waals surface area contributed by atoms with Crippen molar-refractivity contribution in [1.82, 2.24) is 4.90 Å². The molecule has 1 atom stereocenters. The molecule has 0 aliphatic carbocycles. The Morgan fingerprint density at radius 3 is 2.40 bits per heavy atom. The first-order valence-electron chi connectivity index (χ1n) is 8.30. The number of methoxy groups -OCH3 is 2. The van der Waals surface area contributed by atoms with Gasteiger partial charge < -0.3 is 14.2 Å². The number of amides is 1. The molecule has 5 nitrogen and oxygen atoms in total. The van der Waals surface area contributed by atoms with Crippen molar-refractivity contribution in [3.8, 4) is 11.5 Å². The van der Waals surface area contributed by atoms with Crippen LogP contribution in [0.3, 0.4) is 0 Å². The predicted octanol–water partition coefficient (Wildman–Crippen LogP) is 3.58. The van der Waals surface area contributed by atoms with Crippen LogP contribution in [-0.2, 0) is 17.7 Å². The molecule has 0 unspecified atom stereocenters. The maximum Gasteiger partial charge on any atom is 0.410 e. The van der Waals surface area contributed by atoms with Crippen molar-refractivity contribution >= 4 is 6.09 Å². The second kappa shape index (κ2) is 7.47. The molecule has 1 amide bonds. The molecular formula is C20H23NO4. The van der Waals surface area contributed by atoms with Crippen LogP contribution in [0.5, 0.6) is 11.5 Å². The fraction of sp³-hybridized carbons (Fsp3) is 0.350. The second-order valence-corrected chi connectivity index (χ2v) is 6.24. The van der Waals surface area contributed by atoms with Gasteiger partial charge in [0.2, 0.25) is 0 Å². The Balaban J connectivity index is 1.74. The highest BCUT2D eigenvalue weighted by Gasteiger charge is 2.33. The molecule has 0 bridgehead atoms. The number of hydrogen-bond donors (Lipinski definition) is 0. The molecule has 1 aliphatic rings. The highest BCUT2D eigenvalue weighted by molar-refractivity contribution is 5.70. The van der Waals surface area contributed by atoms with E-state index >= 15 is 0 Å². The zero-order valence-electron chi connectivity index (χ0n) is 14.8. The minimum Gasteiger partial charge on any atom is -0.493 e. The SMILES string of the molecule is COc1ccc(C[C@H]2COC(=O)N2Cc2ccc(C)cc2)cc1OC. The highest BCUT2D eigenvalue weighted by Crippen LogP contribution is 2.29. The summed E-state index contributed by atoms with van der Waals surface area (Å²) in [5, 5.41) is 0. The molecule has 1 heterocycles. The maximum absolute atomic E-state index is 12.1. The minimum absolute atomic E-state index is 0.00639. The number of carbonyl (C=O) groups is 1. The summed E-state index contributed by atoms with van der Waals surface area (Å²) >= 11 is 0. The molecule has 1 fully saturated rings. The van der Waals surface area contributed by atoms with Gasteiger partial charge in [-0.3, -0.25) is 4.90 Å². The van der Waals surface area contributed by atoms with E-state index in [-0.39, 0.29) is 12.1 Å². The Morgan fingerprint density at radius 1 is 1.04 bits per heavy atom. The lowest BCUT2D eigenvalue weighted by Crippen LogP contribution is -2.34. The van der Waals surface area contributed by atoms with E-state index < -0.39 is 0 Å². The smallest absolute Gasteiger partial charge is 0.410 e. The molecule has 1 saturated heterocycles. The molecule has 2 aromatic rings. The van der Waals surface area contributed by atoms with Crippen LogP contribution in [0.4, 0.5) is 4.79 Å². The molecular weight excluding hydrogens is 318 g/mol. The molecule has 2 aromatic carbocycles. The summed E-state index contributed by atoms with van der Waals surface area (Å²) in [7, 11) is 3.23. The fourth-order valence-corrected chi connectivity index (χ4v) is 3.02.